The quantitative estimate of drug-likeness (QED) is 0.738. The standard InChI is InChI=1S/C23H23FN4O4/c24-19-6-1-13(11-25)9-17(19)22(30)27-15-2-4-16(5-3-15)32-23-18(21(26)29)10-14-12-31-8-7-20(14)28-23/h1,6,9-10,15-16H,2-5,7-8,12H2,(H2,26,29)(H,27,30)/t15-,16-. The second-order valence-electron chi connectivity index (χ2n) is 7.99. The molecule has 0 radical (unpaired) electrons. The first-order valence-electron chi connectivity index (χ1n) is 10.5. The van der Waals surface area contributed by atoms with Crippen LogP contribution in [-0.4, -0.2) is 35.6 Å². The molecule has 0 spiro atoms. The first-order chi connectivity index (χ1) is 15.4. The van der Waals surface area contributed by atoms with Crippen LogP contribution in [0.25, 0.3) is 0 Å². The van der Waals surface area contributed by atoms with E-state index in [4.69, 9.17) is 20.5 Å². The largest absolute Gasteiger partial charge is 0.474 e. The number of nitrogens with zero attached hydrogens (tertiary/aromatic N) is 2. The molecule has 4 rings (SSSR count). The van der Waals surface area contributed by atoms with Gasteiger partial charge in [-0.2, -0.15) is 5.26 Å². The molecule has 1 aromatic carbocycles. The van der Waals surface area contributed by atoms with Gasteiger partial charge in [0.2, 0.25) is 5.88 Å². The SMILES string of the molecule is N#Cc1ccc(F)c(C(=O)N[C@H]2CC[C@H](Oc3nc4c(cc3C(N)=O)COCC4)CC2)c1. The van der Waals surface area contributed by atoms with Crippen LogP contribution < -0.4 is 15.8 Å². The van der Waals surface area contributed by atoms with Gasteiger partial charge in [0.25, 0.3) is 11.8 Å². The highest BCUT2D eigenvalue weighted by molar-refractivity contribution is 5.95. The summed E-state index contributed by atoms with van der Waals surface area (Å²) in [4.78, 5) is 28.9. The van der Waals surface area contributed by atoms with E-state index in [1.54, 1.807) is 6.07 Å². The van der Waals surface area contributed by atoms with Crippen molar-refractivity contribution in [2.75, 3.05) is 6.61 Å². The highest BCUT2D eigenvalue weighted by Crippen LogP contribution is 2.28. The fourth-order valence-corrected chi connectivity index (χ4v) is 4.05. The van der Waals surface area contributed by atoms with E-state index in [9.17, 15) is 14.0 Å². The van der Waals surface area contributed by atoms with Crippen molar-refractivity contribution in [2.24, 2.45) is 5.73 Å². The number of benzene rings is 1. The van der Waals surface area contributed by atoms with Gasteiger partial charge in [-0.1, -0.05) is 0 Å². The molecule has 9 heteroatoms. The predicted molar refractivity (Wildman–Crippen MR) is 111 cm³/mol. The minimum absolute atomic E-state index is 0.142. The van der Waals surface area contributed by atoms with E-state index in [1.807, 2.05) is 6.07 Å². The van der Waals surface area contributed by atoms with Crippen LogP contribution in [0.1, 0.15) is 63.2 Å². The summed E-state index contributed by atoms with van der Waals surface area (Å²) >= 11 is 0. The number of hydrogen-bond donors (Lipinski definition) is 2. The Morgan fingerprint density at radius 2 is 2.00 bits per heavy atom. The summed E-state index contributed by atoms with van der Waals surface area (Å²) < 4.78 is 25.4. The average Bonchev–Trinajstić information content (AvgIpc) is 2.80. The van der Waals surface area contributed by atoms with Crippen LogP contribution in [-0.2, 0) is 17.8 Å². The molecule has 1 fully saturated rings. The second kappa shape index (κ2) is 9.32. The van der Waals surface area contributed by atoms with Crippen molar-refractivity contribution in [3.63, 3.8) is 0 Å². The molecule has 2 heterocycles. The van der Waals surface area contributed by atoms with Gasteiger partial charge in [-0.3, -0.25) is 9.59 Å². The summed E-state index contributed by atoms with van der Waals surface area (Å²) in [6.07, 6.45) is 2.98. The fraction of sp³-hybridized carbons (Fsp3) is 0.391. The number of pyridine rings is 1. The van der Waals surface area contributed by atoms with Crippen LogP contribution in [0.3, 0.4) is 0 Å². The average molecular weight is 438 g/mol. The molecule has 166 valence electrons. The number of nitriles is 1. The summed E-state index contributed by atoms with van der Waals surface area (Å²) in [6, 6.07) is 7.15. The molecule has 8 nitrogen and oxygen atoms in total. The number of aromatic nitrogens is 1. The minimum Gasteiger partial charge on any atom is -0.474 e. The number of nitrogens with one attached hydrogen (secondary N) is 1. The van der Waals surface area contributed by atoms with Crippen LogP contribution in [0.2, 0.25) is 0 Å². The number of hydrogen-bond acceptors (Lipinski definition) is 6. The summed E-state index contributed by atoms with van der Waals surface area (Å²) in [5.74, 6) is -1.58. The first-order valence-corrected chi connectivity index (χ1v) is 10.5. The number of rotatable bonds is 5. The van der Waals surface area contributed by atoms with E-state index in [-0.39, 0.29) is 34.7 Å². The number of ether oxygens (including phenoxy) is 2. The summed E-state index contributed by atoms with van der Waals surface area (Å²) in [7, 11) is 0. The highest BCUT2D eigenvalue weighted by Gasteiger charge is 2.27. The Balaban J connectivity index is 1.38. The van der Waals surface area contributed by atoms with E-state index >= 15 is 0 Å². The Bertz CT molecular complexity index is 1090. The first kappa shape index (κ1) is 21.7. The normalized spacial score (nSPS) is 20.0. The van der Waals surface area contributed by atoms with Crippen LogP contribution in [0, 0.1) is 17.1 Å². The lowest BCUT2D eigenvalue weighted by molar-refractivity contribution is 0.0872. The lowest BCUT2D eigenvalue weighted by Gasteiger charge is -2.30. The van der Waals surface area contributed by atoms with Crippen molar-refractivity contribution >= 4 is 11.8 Å². The Labute approximate surface area is 184 Å². The Morgan fingerprint density at radius 1 is 1.22 bits per heavy atom. The zero-order valence-electron chi connectivity index (χ0n) is 17.4. The second-order valence-corrected chi connectivity index (χ2v) is 7.99. The smallest absolute Gasteiger partial charge is 0.254 e. The molecule has 3 N–H and O–H groups in total. The summed E-state index contributed by atoms with van der Waals surface area (Å²) in [6.45, 7) is 0.962. The van der Waals surface area contributed by atoms with Crippen molar-refractivity contribution in [3.05, 3.63) is 58.0 Å². The molecule has 0 atom stereocenters. The van der Waals surface area contributed by atoms with Crippen molar-refractivity contribution in [3.8, 4) is 11.9 Å². The number of amides is 2. The van der Waals surface area contributed by atoms with Gasteiger partial charge < -0.3 is 20.5 Å². The molecular formula is C23H23FN4O4. The lowest BCUT2D eigenvalue weighted by atomic mass is 9.92. The zero-order chi connectivity index (χ0) is 22.7. The van der Waals surface area contributed by atoms with Crippen LogP contribution in [0.5, 0.6) is 5.88 Å². The predicted octanol–water partition coefficient (Wildman–Crippen LogP) is 2.38. The maximum atomic E-state index is 14.0. The third kappa shape index (κ3) is 4.70. The minimum atomic E-state index is -0.665. The van der Waals surface area contributed by atoms with Gasteiger partial charge in [0, 0.05) is 18.0 Å². The summed E-state index contributed by atoms with van der Waals surface area (Å²) in [5.41, 5.74) is 7.53. The number of fused-ring (bicyclic) bond motifs is 1. The van der Waals surface area contributed by atoms with E-state index in [0.717, 1.165) is 17.3 Å². The molecule has 1 saturated carbocycles. The number of primary amides is 1. The van der Waals surface area contributed by atoms with Crippen LogP contribution in [0.4, 0.5) is 4.39 Å². The number of carbonyl (C=O) groups is 2. The van der Waals surface area contributed by atoms with E-state index in [2.05, 4.69) is 10.3 Å². The Hall–Kier alpha value is -3.51. The maximum Gasteiger partial charge on any atom is 0.254 e. The molecule has 2 aromatic rings. The third-order valence-electron chi connectivity index (χ3n) is 5.79. The van der Waals surface area contributed by atoms with Gasteiger partial charge in [0.05, 0.1) is 36.1 Å². The Morgan fingerprint density at radius 3 is 2.72 bits per heavy atom. The van der Waals surface area contributed by atoms with Gasteiger partial charge in [-0.15, -0.1) is 0 Å². The van der Waals surface area contributed by atoms with E-state index in [0.29, 0.717) is 45.3 Å². The molecule has 0 unspecified atom stereocenters. The van der Waals surface area contributed by atoms with Crippen molar-refractivity contribution in [1.82, 2.24) is 10.3 Å². The van der Waals surface area contributed by atoms with Crippen LogP contribution in [0.15, 0.2) is 24.3 Å². The molecule has 2 aliphatic rings. The molecule has 0 saturated heterocycles. The maximum absolute atomic E-state index is 14.0. The topological polar surface area (TPSA) is 127 Å². The van der Waals surface area contributed by atoms with Gasteiger partial charge in [0.1, 0.15) is 17.5 Å². The van der Waals surface area contributed by atoms with Crippen LogP contribution >= 0.6 is 0 Å². The molecule has 1 aromatic heterocycles. The zero-order valence-corrected chi connectivity index (χ0v) is 17.4. The third-order valence-corrected chi connectivity index (χ3v) is 5.79. The monoisotopic (exact) mass is 438 g/mol. The van der Waals surface area contributed by atoms with E-state index < -0.39 is 17.6 Å². The van der Waals surface area contributed by atoms with Crippen molar-refractivity contribution in [1.29, 1.82) is 5.26 Å². The van der Waals surface area contributed by atoms with Crippen molar-refractivity contribution < 1.29 is 23.5 Å². The number of nitrogens with two attached hydrogens (primary N) is 1. The fourth-order valence-electron chi connectivity index (χ4n) is 4.05. The number of halogens is 1. The molecule has 1 aliphatic carbocycles. The summed E-state index contributed by atoms with van der Waals surface area (Å²) in [5, 5.41) is 11.8. The van der Waals surface area contributed by atoms with Gasteiger partial charge in [-0.25, -0.2) is 9.37 Å². The molecule has 2 amide bonds. The molecule has 0 bridgehead atoms. The molecule has 1 aliphatic heterocycles. The van der Waals surface area contributed by atoms with Gasteiger partial charge >= 0.3 is 0 Å². The highest BCUT2D eigenvalue weighted by atomic mass is 19.1. The number of carbonyl (C=O) groups excluding carboxylic acids is 2. The lowest BCUT2D eigenvalue weighted by Crippen LogP contribution is -2.40. The van der Waals surface area contributed by atoms with E-state index in [1.165, 1.54) is 12.1 Å². The van der Waals surface area contributed by atoms with Gasteiger partial charge in [-0.05, 0) is 49.9 Å². The Kier molecular flexibility index (Phi) is 6.32. The molecular weight excluding hydrogens is 415 g/mol. The van der Waals surface area contributed by atoms with Crippen molar-refractivity contribution in [2.45, 2.75) is 50.9 Å². The molecule has 32 heavy (non-hydrogen) atoms. The van der Waals surface area contributed by atoms with Gasteiger partial charge in [0.15, 0.2) is 0 Å².